The largest absolute Gasteiger partial charge is 0.497 e. The topological polar surface area (TPSA) is 56.6 Å². The molecule has 5 rings (SSSR count). The van der Waals surface area contributed by atoms with Crippen molar-refractivity contribution in [2.24, 2.45) is 0 Å². The van der Waals surface area contributed by atoms with Gasteiger partial charge in [0.25, 0.3) is 0 Å². The second-order valence-electron chi connectivity index (χ2n) is 8.33. The maximum absolute atomic E-state index is 12.9. The van der Waals surface area contributed by atoms with Crippen molar-refractivity contribution in [3.63, 3.8) is 0 Å². The standard InChI is InChI=1S/C27H27N3O3/c1-19-7-3-6-10-25(19)33-16-15-29-24-9-5-4-8-23(24)28-27(29)20-17-26(31)30(18-20)21-11-13-22(32-2)14-12-21/h3-14,20H,15-18H2,1-2H3/t20-/m0/s1. The highest BCUT2D eigenvalue weighted by Gasteiger charge is 2.34. The Morgan fingerprint density at radius 3 is 2.55 bits per heavy atom. The Kier molecular flexibility index (Phi) is 5.73. The first kappa shape index (κ1) is 21.1. The lowest BCUT2D eigenvalue weighted by molar-refractivity contribution is -0.117. The molecule has 0 bridgehead atoms. The molecule has 0 radical (unpaired) electrons. The van der Waals surface area contributed by atoms with E-state index in [-0.39, 0.29) is 11.8 Å². The highest BCUT2D eigenvalue weighted by molar-refractivity contribution is 5.96. The number of carbonyl (C=O) groups excluding carboxylic acids is 1. The number of carbonyl (C=O) groups is 1. The van der Waals surface area contributed by atoms with Gasteiger partial charge in [0.15, 0.2) is 0 Å². The van der Waals surface area contributed by atoms with Crippen molar-refractivity contribution in [1.82, 2.24) is 9.55 Å². The predicted molar refractivity (Wildman–Crippen MR) is 129 cm³/mol. The van der Waals surface area contributed by atoms with Gasteiger partial charge in [-0.2, -0.15) is 0 Å². The van der Waals surface area contributed by atoms with E-state index in [2.05, 4.69) is 10.6 Å². The average molecular weight is 442 g/mol. The molecule has 1 amide bonds. The van der Waals surface area contributed by atoms with Crippen molar-refractivity contribution in [3.05, 3.63) is 84.2 Å². The van der Waals surface area contributed by atoms with Crippen LogP contribution in [-0.4, -0.2) is 35.7 Å². The number of nitrogens with zero attached hydrogens (tertiary/aromatic N) is 3. The van der Waals surface area contributed by atoms with E-state index in [0.717, 1.165) is 39.6 Å². The van der Waals surface area contributed by atoms with Crippen molar-refractivity contribution in [2.75, 3.05) is 25.2 Å². The van der Waals surface area contributed by atoms with Crippen LogP contribution in [0.15, 0.2) is 72.8 Å². The highest BCUT2D eigenvalue weighted by Crippen LogP contribution is 2.34. The van der Waals surface area contributed by atoms with Crippen molar-refractivity contribution < 1.29 is 14.3 Å². The summed E-state index contributed by atoms with van der Waals surface area (Å²) in [6.07, 6.45) is 0.438. The summed E-state index contributed by atoms with van der Waals surface area (Å²) in [5.74, 6) is 2.74. The molecule has 2 heterocycles. The molecule has 1 saturated heterocycles. The molecule has 1 atom stereocenters. The van der Waals surface area contributed by atoms with Gasteiger partial charge in [-0.25, -0.2) is 4.98 Å². The minimum absolute atomic E-state index is 0.0189. The molecule has 1 aromatic heterocycles. The zero-order chi connectivity index (χ0) is 22.8. The number of rotatable bonds is 7. The summed E-state index contributed by atoms with van der Waals surface area (Å²) >= 11 is 0. The molecule has 3 aromatic carbocycles. The predicted octanol–water partition coefficient (Wildman–Crippen LogP) is 4.95. The monoisotopic (exact) mass is 441 g/mol. The van der Waals surface area contributed by atoms with Gasteiger partial charge in [-0.3, -0.25) is 4.79 Å². The van der Waals surface area contributed by atoms with Gasteiger partial charge in [0.05, 0.1) is 24.7 Å². The molecule has 168 valence electrons. The minimum Gasteiger partial charge on any atom is -0.497 e. The van der Waals surface area contributed by atoms with Crippen molar-refractivity contribution in [3.8, 4) is 11.5 Å². The molecule has 0 spiro atoms. The summed E-state index contributed by atoms with van der Waals surface area (Å²) in [5.41, 5.74) is 4.01. The first-order valence-electron chi connectivity index (χ1n) is 11.2. The molecule has 1 aliphatic rings. The zero-order valence-electron chi connectivity index (χ0n) is 18.9. The van der Waals surface area contributed by atoms with E-state index in [9.17, 15) is 4.79 Å². The fraction of sp³-hybridized carbons (Fsp3) is 0.259. The van der Waals surface area contributed by atoms with E-state index in [1.807, 2.05) is 78.6 Å². The third kappa shape index (κ3) is 4.16. The van der Waals surface area contributed by atoms with E-state index < -0.39 is 0 Å². The Balaban J connectivity index is 1.39. The second kappa shape index (κ2) is 8.98. The van der Waals surface area contributed by atoms with Gasteiger partial charge >= 0.3 is 0 Å². The lowest BCUT2D eigenvalue weighted by Gasteiger charge is -2.18. The number of hydrogen-bond donors (Lipinski definition) is 0. The van der Waals surface area contributed by atoms with Crippen LogP contribution in [0.4, 0.5) is 5.69 Å². The van der Waals surface area contributed by atoms with Crippen LogP contribution in [0.5, 0.6) is 11.5 Å². The smallest absolute Gasteiger partial charge is 0.227 e. The number of methoxy groups -OCH3 is 1. The summed E-state index contributed by atoms with van der Waals surface area (Å²) in [6.45, 7) is 3.84. The Bertz CT molecular complexity index is 1280. The first-order chi connectivity index (χ1) is 16.1. The number of imidazole rings is 1. The van der Waals surface area contributed by atoms with Crippen molar-refractivity contribution in [2.45, 2.75) is 25.8 Å². The maximum Gasteiger partial charge on any atom is 0.227 e. The van der Waals surface area contributed by atoms with E-state index in [0.29, 0.717) is 26.1 Å². The zero-order valence-corrected chi connectivity index (χ0v) is 18.9. The number of para-hydroxylation sites is 3. The maximum atomic E-state index is 12.9. The third-order valence-electron chi connectivity index (χ3n) is 6.22. The van der Waals surface area contributed by atoms with Crippen LogP contribution in [0.3, 0.4) is 0 Å². The molecular weight excluding hydrogens is 414 g/mol. The van der Waals surface area contributed by atoms with E-state index in [1.165, 1.54) is 0 Å². The summed E-state index contributed by atoms with van der Waals surface area (Å²) < 4.78 is 13.5. The lowest BCUT2D eigenvalue weighted by atomic mass is 10.1. The molecule has 0 N–H and O–H groups in total. The Labute approximate surface area is 193 Å². The van der Waals surface area contributed by atoms with E-state index >= 15 is 0 Å². The molecule has 0 unspecified atom stereocenters. The minimum atomic E-state index is 0.0189. The van der Waals surface area contributed by atoms with Crippen LogP contribution >= 0.6 is 0 Å². The fourth-order valence-electron chi connectivity index (χ4n) is 4.50. The molecule has 6 nitrogen and oxygen atoms in total. The summed E-state index contributed by atoms with van der Waals surface area (Å²) in [6, 6.07) is 23.8. The van der Waals surface area contributed by atoms with Gasteiger partial charge in [0, 0.05) is 24.6 Å². The number of benzene rings is 3. The van der Waals surface area contributed by atoms with Crippen LogP contribution in [0.1, 0.15) is 23.7 Å². The SMILES string of the molecule is COc1ccc(N2C[C@@H](c3nc4ccccc4n3CCOc3ccccc3C)CC2=O)cc1. The van der Waals surface area contributed by atoms with Gasteiger partial charge < -0.3 is 18.9 Å². The highest BCUT2D eigenvalue weighted by atomic mass is 16.5. The molecule has 0 aliphatic carbocycles. The molecule has 0 saturated carbocycles. The average Bonchev–Trinajstić information content (AvgIpc) is 3.41. The molecular formula is C27H27N3O3. The third-order valence-corrected chi connectivity index (χ3v) is 6.22. The van der Waals surface area contributed by atoms with Gasteiger partial charge in [-0.1, -0.05) is 30.3 Å². The van der Waals surface area contributed by atoms with Gasteiger partial charge in [-0.05, 0) is 55.0 Å². The molecule has 33 heavy (non-hydrogen) atoms. The van der Waals surface area contributed by atoms with Crippen molar-refractivity contribution in [1.29, 1.82) is 0 Å². The molecule has 4 aromatic rings. The van der Waals surface area contributed by atoms with Gasteiger partial charge in [0.1, 0.15) is 23.9 Å². The molecule has 1 fully saturated rings. The van der Waals surface area contributed by atoms with E-state index in [1.54, 1.807) is 7.11 Å². The van der Waals surface area contributed by atoms with Crippen LogP contribution in [-0.2, 0) is 11.3 Å². The summed E-state index contributed by atoms with van der Waals surface area (Å²) in [7, 11) is 1.64. The number of ether oxygens (including phenoxy) is 2. The molecule has 6 heteroatoms. The Morgan fingerprint density at radius 1 is 1.00 bits per heavy atom. The van der Waals surface area contributed by atoms with E-state index in [4.69, 9.17) is 14.5 Å². The lowest BCUT2D eigenvalue weighted by Crippen LogP contribution is -2.24. The van der Waals surface area contributed by atoms with Crippen LogP contribution < -0.4 is 14.4 Å². The summed E-state index contributed by atoms with van der Waals surface area (Å²) in [5, 5.41) is 0. The number of aromatic nitrogens is 2. The van der Waals surface area contributed by atoms with Crippen LogP contribution in [0, 0.1) is 6.92 Å². The normalized spacial score (nSPS) is 15.9. The number of amides is 1. The Morgan fingerprint density at radius 2 is 1.76 bits per heavy atom. The van der Waals surface area contributed by atoms with Crippen LogP contribution in [0.25, 0.3) is 11.0 Å². The van der Waals surface area contributed by atoms with Crippen LogP contribution in [0.2, 0.25) is 0 Å². The number of anilines is 1. The Hall–Kier alpha value is -3.80. The number of fused-ring (bicyclic) bond motifs is 1. The van der Waals surface area contributed by atoms with Gasteiger partial charge in [0.2, 0.25) is 5.91 Å². The summed E-state index contributed by atoms with van der Waals surface area (Å²) in [4.78, 5) is 19.7. The first-order valence-corrected chi connectivity index (χ1v) is 11.2. The fourth-order valence-corrected chi connectivity index (χ4v) is 4.50. The van der Waals surface area contributed by atoms with Gasteiger partial charge in [-0.15, -0.1) is 0 Å². The van der Waals surface area contributed by atoms with Crippen molar-refractivity contribution >= 4 is 22.6 Å². The quantitative estimate of drug-likeness (QED) is 0.407. The number of aryl methyl sites for hydroxylation is 1. The number of hydrogen-bond acceptors (Lipinski definition) is 4. The second-order valence-corrected chi connectivity index (χ2v) is 8.33. The molecule has 1 aliphatic heterocycles.